The van der Waals surface area contributed by atoms with E-state index < -0.39 is 0 Å². The van der Waals surface area contributed by atoms with Gasteiger partial charge in [-0.1, -0.05) is 6.07 Å². The molecular formula is C25H32N8O2. The minimum Gasteiger partial charge on any atom is -0.491 e. The monoisotopic (exact) mass is 476 g/mol. The van der Waals surface area contributed by atoms with E-state index >= 15 is 0 Å². The molecule has 5 rings (SSSR count). The number of nitrogens with one attached hydrogen (secondary N) is 2. The molecular weight excluding hydrogens is 444 g/mol. The molecule has 1 saturated heterocycles. The third kappa shape index (κ3) is 5.67. The standard InChI is InChI=1S/C25H32N8O2/c1-17-3-4-21-22(13-17)29-25(28-21)24-19(16-34)14-20(15-26-24)35-12-11-33-9-7-32(8-10-33)6-5-23-27-18(2)30-31-23/h3-4,13-15,34H,5-12,16H2,1-2H3,(H,28,29)(H,27,30,31). The summed E-state index contributed by atoms with van der Waals surface area (Å²) in [5.74, 6) is 3.06. The molecule has 3 N–H and O–H groups in total. The van der Waals surface area contributed by atoms with Crippen LogP contribution in [0.1, 0.15) is 22.8 Å². The quantitative estimate of drug-likeness (QED) is 0.336. The molecule has 4 aromatic rings. The number of hydrogen-bond donors (Lipinski definition) is 3. The highest BCUT2D eigenvalue weighted by molar-refractivity contribution is 5.79. The van der Waals surface area contributed by atoms with Gasteiger partial charge < -0.3 is 19.7 Å². The molecule has 0 bridgehead atoms. The molecule has 4 heterocycles. The zero-order valence-corrected chi connectivity index (χ0v) is 20.3. The predicted octanol–water partition coefficient (Wildman–Crippen LogP) is 2.09. The Kier molecular flexibility index (Phi) is 7.03. The van der Waals surface area contributed by atoms with Crippen molar-refractivity contribution in [3.63, 3.8) is 0 Å². The number of aromatic nitrogens is 6. The van der Waals surface area contributed by atoms with Crippen LogP contribution in [0.3, 0.4) is 0 Å². The topological polar surface area (TPSA) is 119 Å². The number of imidazole rings is 1. The SMILES string of the molecule is Cc1ccc2nc(-c3ncc(OCCN4CCN(CCc5n[nH]c(C)n5)CC4)cc3CO)[nH]c2c1. The van der Waals surface area contributed by atoms with Crippen LogP contribution in [0.15, 0.2) is 30.5 Å². The van der Waals surface area contributed by atoms with Crippen LogP contribution in [0.4, 0.5) is 0 Å². The van der Waals surface area contributed by atoms with Gasteiger partial charge in [0.1, 0.15) is 23.9 Å². The second-order valence-corrected chi connectivity index (χ2v) is 9.06. The normalized spacial score (nSPS) is 15.2. The fourth-order valence-electron chi connectivity index (χ4n) is 4.42. The van der Waals surface area contributed by atoms with Crippen molar-refractivity contribution in [3.05, 3.63) is 53.2 Å². The number of aliphatic hydroxyl groups excluding tert-OH is 1. The highest BCUT2D eigenvalue weighted by atomic mass is 16.5. The summed E-state index contributed by atoms with van der Waals surface area (Å²) in [5.41, 5.74) is 4.33. The summed E-state index contributed by atoms with van der Waals surface area (Å²) in [6.45, 7) is 10.3. The summed E-state index contributed by atoms with van der Waals surface area (Å²) in [4.78, 5) is 21.7. The first-order valence-corrected chi connectivity index (χ1v) is 12.1. The molecule has 3 aromatic heterocycles. The van der Waals surface area contributed by atoms with Gasteiger partial charge in [0, 0.05) is 51.3 Å². The van der Waals surface area contributed by atoms with Crippen molar-refractivity contribution < 1.29 is 9.84 Å². The minimum absolute atomic E-state index is 0.134. The van der Waals surface area contributed by atoms with Gasteiger partial charge >= 0.3 is 0 Å². The molecule has 1 aromatic carbocycles. The van der Waals surface area contributed by atoms with Crippen LogP contribution >= 0.6 is 0 Å². The number of aliphatic hydroxyl groups is 1. The van der Waals surface area contributed by atoms with Gasteiger partial charge in [0.05, 0.1) is 23.8 Å². The van der Waals surface area contributed by atoms with Gasteiger partial charge in [-0.2, -0.15) is 5.10 Å². The fourth-order valence-corrected chi connectivity index (χ4v) is 4.42. The summed E-state index contributed by atoms with van der Waals surface area (Å²) in [6.07, 6.45) is 2.58. The summed E-state index contributed by atoms with van der Waals surface area (Å²) >= 11 is 0. The van der Waals surface area contributed by atoms with E-state index in [2.05, 4.69) is 46.0 Å². The lowest BCUT2D eigenvalue weighted by atomic mass is 10.2. The Morgan fingerprint density at radius 2 is 1.83 bits per heavy atom. The molecule has 10 heteroatoms. The van der Waals surface area contributed by atoms with E-state index in [1.807, 2.05) is 32.0 Å². The van der Waals surface area contributed by atoms with E-state index in [0.717, 1.165) is 73.9 Å². The van der Waals surface area contributed by atoms with Gasteiger partial charge in [-0.15, -0.1) is 0 Å². The Labute approximate surface area is 204 Å². The lowest BCUT2D eigenvalue weighted by Gasteiger charge is -2.34. The highest BCUT2D eigenvalue weighted by Gasteiger charge is 2.18. The maximum absolute atomic E-state index is 9.94. The van der Waals surface area contributed by atoms with Crippen LogP contribution in [0, 0.1) is 13.8 Å². The number of aryl methyl sites for hydroxylation is 2. The van der Waals surface area contributed by atoms with E-state index in [0.29, 0.717) is 29.4 Å². The summed E-state index contributed by atoms with van der Waals surface area (Å²) in [5, 5.41) is 17.1. The lowest BCUT2D eigenvalue weighted by molar-refractivity contribution is 0.117. The molecule has 184 valence electrons. The van der Waals surface area contributed by atoms with E-state index in [1.54, 1.807) is 6.20 Å². The van der Waals surface area contributed by atoms with Crippen LogP contribution in [-0.4, -0.2) is 90.9 Å². The molecule has 1 fully saturated rings. The summed E-state index contributed by atoms with van der Waals surface area (Å²) in [7, 11) is 0. The first-order chi connectivity index (χ1) is 17.1. The number of hydrogen-bond acceptors (Lipinski definition) is 8. The Morgan fingerprint density at radius 1 is 1.03 bits per heavy atom. The highest BCUT2D eigenvalue weighted by Crippen LogP contribution is 2.25. The largest absolute Gasteiger partial charge is 0.491 e. The molecule has 0 amide bonds. The number of benzene rings is 1. The van der Waals surface area contributed by atoms with Crippen molar-refractivity contribution in [2.45, 2.75) is 26.9 Å². The van der Waals surface area contributed by atoms with E-state index in [4.69, 9.17) is 4.74 Å². The predicted molar refractivity (Wildman–Crippen MR) is 133 cm³/mol. The van der Waals surface area contributed by atoms with Crippen molar-refractivity contribution in [1.29, 1.82) is 0 Å². The maximum Gasteiger partial charge on any atom is 0.157 e. The van der Waals surface area contributed by atoms with Crippen LogP contribution in [0.2, 0.25) is 0 Å². The number of pyridine rings is 1. The summed E-state index contributed by atoms with van der Waals surface area (Å²) in [6, 6.07) is 7.92. The smallest absolute Gasteiger partial charge is 0.157 e. The van der Waals surface area contributed by atoms with Crippen LogP contribution < -0.4 is 4.74 Å². The Balaban J connectivity index is 1.11. The molecule has 0 aliphatic carbocycles. The van der Waals surface area contributed by atoms with Gasteiger partial charge in [0.15, 0.2) is 11.6 Å². The van der Waals surface area contributed by atoms with Gasteiger partial charge in [-0.3, -0.25) is 10.00 Å². The number of nitrogens with zero attached hydrogens (tertiary/aromatic N) is 6. The second-order valence-electron chi connectivity index (χ2n) is 9.06. The molecule has 0 atom stereocenters. The van der Waals surface area contributed by atoms with Gasteiger partial charge in [-0.25, -0.2) is 15.0 Å². The minimum atomic E-state index is -0.134. The third-order valence-electron chi connectivity index (χ3n) is 6.41. The van der Waals surface area contributed by atoms with Gasteiger partial charge in [0.2, 0.25) is 0 Å². The first-order valence-electron chi connectivity index (χ1n) is 12.1. The molecule has 1 aliphatic heterocycles. The summed E-state index contributed by atoms with van der Waals surface area (Å²) < 4.78 is 5.97. The third-order valence-corrected chi connectivity index (χ3v) is 6.41. The zero-order chi connectivity index (χ0) is 24.2. The van der Waals surface area contributed by atoms with Crippen LogP contribution in [-0.2, 0) is 13.0 Å². The van der Waals surface area contributed by atoms with Crippen molar-refractivity contribution in [2.24, 2.45) is 0 Å². The lowest BCUT2D eigenvalue weighted by Crippen LogP contribution is -2.47. The fraction of sp³-hybridized carbons (Fsp3) is 0.440. The van der Waals surface area contributed by atoms with Crippen molar-refractivity contribution in [1.82, 2.24) is 39.9 Å². The number of piperazine rings is 1. The van der Waals surface area contributed by atoms with Crippen molar-refractivity contribution in [2.75, 3.05) is 45.9 Å². The van der Waals surface area contributed by atoms with Crippen LogP contribution in [0.5, 0.6) is 5.75 Å². The average molecular weight is 477 g/mol. The number of H-pyrrole nitrogens is 2. The molecule has 0 unspecified atom stereocenters. The number of fused-ring (bicyclic) bond motifs is 1. The van der Waals surface area contributed by atoms with E-state index in [1.165, 1.54) is 0 Å². The molecule has 0 spiro atoms. The van der Waals surface area contributed by atoms with Gasteiger partial charge in [0.25, 0.3) is 0 Å². The second kappa shape index (κ2) is 10.5. The Morgan fingerprint density at radius 3 is 2.57 bits per heavy atom. The molecule has 10 nitrogen and oxygen atoms in total. The van der Waals surface area contributed by atoms with E-state index in [-0.39, 0.29) is 6.61 Å². The molecule has 35 heavy (non-hydrogen) atoms. The maximum atomic E-state index is 9.94. The molecule has 0 saturated carbocycles. The Hall–Kier alpha value is -3.34. The average Bonchev–Trinajstić information content (AvgIpc) is 3.48. The number of rotatable bonds is 9. The van der Waals surface area contributed by atoms with Crippen molar-refractivity contribution >= 4 is 11.0 Å². The Bertz CT molecular complexity index is 1280. The van der Waals surface area contributed by atoms with Gasteiger partial charge in [-0.05, 0) is 37.6 Å². The van der Waals surface area contributed by atoms with Crippen LogP contribution in [0.25, 0.3) is 22.6 Å². The molecule has 0 radical (unpaired) electrons. The number of aromatic amines is 2. The zero-order valence-electron chi connectivity index (χ0n) is 20.3. The van der Waals surface area contributed by atoms with E-state index in [9.17, 15) is 5.11 Å². The number of ether oxygens (including phenoxy) is 1. The van der Waals surface area contributed by atoms with Crippen molar-refractivity contribution in [3.8, 4) is 17.3 Å². The molecule has 1 aliphatic rings. The first kappa shape index (κ1) is 23.4.